The first-order valence-electron chi connectivity index (χ1n) is 6.63. The van der Waals surface area contributed by atoms with Crippen LogP contribution in [0.3, 0.4) is 0 Å². The lowest BCUT2D eigenvalue weighted by Gasteiger charge is -2.48. The smallest absolute Gasteiger partial charge is 0.343 e. The number of carbonyl (C=O) groups excluding carboxylic acids is 1. The normalized spacial score (nSPS) is 32.7. The molecule has 1 aliphatic heterocycles. The largest absolute Gasteiger partial charge is 0.425 e. The fourth-order valence-electron chi connectivity index (χ4n) is 2.04. The van der Waals surface area contributed by atoms with E-state index in [1.807, 2.05) is 6.07 Å². The molecule has 6 nitrogen and oxygen atoms in total. The lowest BCUT2D eigenvalue weighted by Crippen LogP contribution is -2.63. The van der Waals surface area contributed by atoms with Crippen LogP contribution in [0.15, 0.2) is 30.3 Å². The fraction of sp³-hybridized carbons (Fsp3) is 0.533. The van der Waals surface area contributed by atoms with Gasteiger partial charge in [0.25, 0.3) is 0 Å². The Morgan fingerprint density at radius 3 is 2.33 bits per heavy atom. The summed E-state index contributed by atoms with van der Waals surface area (Å²) in [5.41, 5.74) is 0. The van der Waals surface area contributed by atoms with Crippen LogP contribution in [0.25, 0.3) is 0 Å². The van der Waals surface area contributed by atoms with E-state index in [1.54, 1.807) is 38.1 Å². The number of hydrogen-bond donors (Lipinski definition) is 0. The Kier molecular flexibility index (Phi) is 4.63. The summed E-state index contributed by atoms with van der Waals surface area (Å²) in [4.78, 5) is 12.1. The van der Waals surface area contributed by atoms with Gasteiger partial charge in [0.05, 0.1) is 6.61 Å². The molecule has 1 aliphatic rings. The van der Waals surface area contributed by atoms with E-state index in [0.717, 1.165) is 0 Å². The van der Waals surface area contributed by atoms with Crippen LogP contribution in [-0.2, 0) is 23.7 Å². The Hall–Kier alpha value is -1.47. The maximum absolute atomic E-state index is 12.1. The molecule has 0 radical (unpaired) electrons. The second kappa shape index (κ2) is 6.11. The van der Waals surface area contributed by atoms with Crippen molar-refractivity contribution in [2.45, 2.75) is 31.5 Å². The van der Waals surface area contributed by atoms with Crippen LogP contribution in [0.2, 0.25) is 0 Å². The highest BCUT2D eigenvalue weighted by Crippen LogP contribution is 2.36. The third-order valence-corrected chi connectivity index (χ3v) is 3.71. The molecule has 1 aromatic carbocycles. The molecule has 1 heterocycles. The third kappa shape index (κ3) is 3.08. The minimum absolute atomic E-state index is 0.0228. The Balaban J connectivity index is 2.08. The highest BCUT2D eigenvalue weighted by molar-refractivity contribution is 5.77. The average Bonchev–Trinajstić information content (AvgIpc) is 2.51. The molecule has 0 spiro atoms. The molecule has 0 amide bonds. The van der Waals surface area contributed by atoms with Crippen molar-refractivity contribution >= 4 is 5.97 Å². The van der Waals surface area contributed by atoms with E-state index in [-0.39, 0.29) is 6.61 Å². The van der Waals surface area contributed by atoms with Gasteiger partial charge in [0, 0.05) is 14.2 Å². The van der Waals surface area contributed by atoms with Crippen molar-refractivity contribution in [3.8, 4) is 5.75 Å². The Bertz CT molecular complexity index is 490. The number of para-hydroxylation sites is 1. The highest BCUT2D eigenvalue weighted by Gasteiger charge is 2.55. The van der Waals surface area contributed by atoms with Gasteiger partial charge >= 0.3 is 5.97 Å². The summed E-state index contributed by atoms with van der Waals surface area (Å²) in [5, 5.41) is 0. The van der Waals surface area contributed by atoms with Gasteiger partial charge in [0.2, 0.25) is 11.6 Å². The summed E-state index contributed by atoms with van der Waals surface area (Å²) in [5.74, 6) is -2.42. The van der Waals surface area contributed by atoms with Gasteiger partial charge in [-0.2, -0.15) is 0 Å². The van der Waals surface area contributed by atoms with Gasteiger partial charge in [0.15, 0.2) is 6.10 Å². The number of methoxy groups -OCH3 is 2. The molecule has 116 valence electrons. The molecule has 21 heavy (non-hydrogen) atoms. The number of benzene rings is 1. The SMILES string of the molecule is CO[C@]1(C)OC[C@H](C(=O)Oc2ccccc2)O[C@@]1(C)OC. The van der Waals surface area contributed by atoms with Crippen LogP contribution < -0.4 is 4.74 Å². The van der Waals surface area contributed by atoms with E-state index >= 15 is 0 Å². The molecule has 0 N–H and O–H groups in total. The van der Waals surface area contributed by atoms with Crippen molar-refractivity contribution < 1.29 is 28.5 Å². The summed E-state index contributed by atoms with van der Waals surface area (Å²) in [6.45, 7) is 3.36. The zero-order valence-electron chi connectivity index (χ0n) is 12.6. The number of hydrogen-bond acceptors (Lipinski definition) is 6. The fourth-order valence-corrected chi connectivity index (χ4v) is 2.04. The van der Waals surface area contributed by atoms with E-state index < -0.39 is 23.6 Å². The van der Waals surface area contributed by atoms with E-state index in [1.165, 1.54) is 14.2 Å². The second-order valence-electron chi connectivity index (χ2n) is 4.95. The maximum atomic E-state index is 12.1. The van der Waals surface area contributed by atoms with Gasteiger partial charge in [-0.25, -0.2) is 4.79 Å². The molecular weight excluding hydrogens is 276 g/mol. The van der Waals surface area contributed by atoms with Crippen LogP contribution in [-0.4, -0.2) is 44.5 Å². The van der Waals surface area contributed by atoms with Crippen LogP contribution in [0.5, 0.6) is 5.75 Å². The Morgan fingerprint density at radius 2 is 1.76 bits per heavy atom. The summed E-state index contributed by atoms with van der Waals surface area (Å²) in [7, 11) is 2.95. The Morgan fingerprint density at radius 1 is 1.14 bits per heavy atom. The van der Waals surface area contributed by atoms with Crippen LogP contribution >= 0.6 is 0 Å². The van der Waals surface area contributed by atoms with Crippen molar-refractivity contribution in [1.29, 1.82) is 0 Å². The van der Waals surface area contributed by atoms with E-state index in [4.69, 9.17) is 23.7 Å². The lowest BCUT2D eigenvalue weighted by molar-refractivity contribution is -0.426. The first-order chi connectivity index (χ1) is 9.94. The Labute approximate surface area is 123 Å². The maximum Gasteiger partial charge on any atom is 0.343 e. The van der Waals surface area contributed by atoms with Gasteiger partial charge < -0.3 is 23.7 Å². The first-order valence-corrected chi connectivity index (χ1v) is 6.63. The minimum atomic E-state index is -1.22. The molecule has 3 atom stereocenters. The predicted octanol–water partition coefficient (Wildman–Crippen LogP) is 1.73. The molecule has 1 aromatic rings. The average molecular weight is 296 g/mol. The van der Waals surface area contributed by atoms with E-state index in [9.17, 15) is 4.79 Å². The van der Waals surface area contributed by atoms with Gasteiger partial charge in [-0.1, -0.05) is 18.2 Å². The predicted molar refractivity (Wildman–Crippen MR) is 73.7 cm³/mol. The van der Waals surface area contributed by atoms with Crippen LogP contribution in [0, 0.1) is 0 Å². The molecule has 0 saturated carbocycles. The molecule has 2 rings (SSSR count). The quantitative estimate of drug-likeness (QED) is 0.623. The number of rotatable bonds is 4. The van der Waals surface area contributed by atoms with Crippen molar-refractivity contribution in [3.05, 3.63) is 30.3 Å². The molecule has 0 aromatic heterocycles. The standard InChI is InChI=1S/C15H20O6/c1-14(17-3)15(2,18-4)21-12(10-19-14)13(16)20-11-8-6-5-7-9-11/h5-9,12H,10H2,1-4H3/t12-,14-,15-/m1/s1. The zero-order chi connectivity index (χ0) is 15.5. The molecule has 0 bridgehead atoms. The van der Waals surface area contributed by atoms with Crippen molar-refractivity contribution in [3.63, 3.8) is 0 Å². The molecule has 1 fully saturated rings. The molecule has 0 aliphatic carbocycles. The monoisotopic (exact) mass is 296 g/mol. The minimum Gasteiger partial charge on any atom is -0.425 e. The van der Waals surface area contributed by atoms with Gasteiger partial charge in [-0.3, -0.25) is 0 Å². The van der Waals surface area contributed by atoms with Crippen LogP contribution in [0.4, 0.5) is 0 Å². The number of carbonyl (C=O) groups is 1. The summed E-state index contributed by atoms with van der Waals surface area (Å²) < 4.78 is 27.2. The third-order valence-electron chi connectivity index (χ3n) is 3.71. The molecular formula is C15H20O6. The lowest BCUT2D eigenvalue weighted by atomic mass is 10.1. The first kappa shape index (κ1) is 15.9. The number of ether oxygens (including phenoxy) is 5. The van der Waals surface area contributed by atoms with E-state index in [2.05, 4.69) is 0 Å². The van der Waals surface area contributed by atoms with Crippen molar-refractivity contribution in [2.24, 2.45) is 0 Å². The van der Waals surface area contributed by atoms with Crippen molar-refractivity contribution in [2.75, 3.05) is 20.8 Å². The molecule has 6 heteroatoms. The van der Waals surface area contributed by atoms with E-state index in [0.29, 0.717) is 5.75 Å². The van der Waals surface area contributed by atoms with Gasteiger partial charge in [-0.05, 0) is 26.0 Å². The summed E-state index contributed by atoms with van der Waals surface area (Å²) in [6.07, 6.45) is -0.890. The van der Waals surface area contributed by atoms with Gasteiger partial charge in [-0.15, -0.1) is 0 Å². The molecule has 1 saturated heterocycles. The second-order valence-corrected chi connectivity index (χ2v) is 4.95. The summed E-state index contributed by atoms with van der Waals surface area (Å²) in [6, 6.07) is 8.78. The summed E-state index contributed by atoms with van der Waals surface area (Å²) >= 11 is 0. The highest BCUT2D eigenvalue weighted by atomic mass is 16.8. The topological polar surface area (TPSA) is 63.2 Å². The van der Waals surface area contributed by atoms with Crippen LogP contribution in [0.1, 0.15) is 13.8 Å². The number of esters is 1. The van der Waals surface area contributed by atoms with Gasteiger partial charge in [0.1, 0.15) is 5.75 Å². The molecule has 0 unspecified atom stereocenters. The zero-order valence-corrected chi connectivity index (χ0v) is 12.6. The van der Waals surface area contributed by atoms with Crippen molar-refractivity contribution in [1.82, 2.24) is 0 Å².